The highest BCUT2D eigenvalue weighted by Gasteiger charge is 2.68. The van der Waals surface area contributed by atoms with E-state index in [4.69, 9.17) is 23.2 Å². The number of nitrogens with one attached hydrogen (secondary N) is 2. The van der Waals surface area contributed by atoms with Crippen LogP contribution >= 0.6 is 34.5 Å². The van der Waals surface area contributed by atoms with Gasteiger partial charge in [-0.15, -0.1) is 23.2 Å². The minimum Gasteiger partial charge on any atom is -0.321 e. The number of benzene rings is 1. The molecule has 3 rings (SSSR count). The van der Waals surface area contributed by atoms with Crippen LogP contribution < -0.4 is 10.6 Å². The van der Waals surface area contributed by atoms with Crippen LogP contribution in [0.15, 0.2) is 12.1 Å². The molecule has 0 bridgehead atoms. The van der Waals surface area contributed by atoms with Gasteiger partial charge >= 0.3 is 0 Å². The zero-order valence-corrected chi connectivity index (χ0v) is 18.1. The van der Waals surface area contributed by atoms with Crippen molar-refractivity contribution in [3.05, 3.63) is 39.4 Å². The predicted molar refractivity (Wildman–Crippen MR) is 111 cm³/mol. The van der Waals surface area contributed by atoms with E-state index in [2.05, 4.69) is 15.6 Å². The van der Waals surface area contributed by atoms with E-state index in [9.17, 15) is 9.59 Å². The molecule has 1 aliphatic carbocycles. The summed E-state index contributed by atoms with van der Waals surface area (Å²) in [7, 11) is 0. The van der Waals surface area contributed by atoms with Gasteiger partial charge in [0.05, 0.1) is 11.1 Å². The Labute approximate surface area is 172 Å². The van der Waals surface area contributed by atoms with Crippen molar-refractivity contribution in [2.75, 3.05) is 10.6 Å². The van der Waals surface area contributed by atoms with E-state index in [0.29, 0.717) is 22.1 Å². The van der Waals surface area contributed by atoms with Gasteiger partial charge in [0.1, 0.15) is 9.21 Å². The summed E-state index contributed by atoms with van der Waals surface area (Å²) < 4.78 is -1.05. The fourth-order valence-electron chi connectivity index (χ4n) is 3.09. The molecule has 1 saturated carbocycles. The van der Waals surface area contributed by atoms with Crippen LogP contribution in [0.3, 0.4) is 0 Å². The Morgan fingerprint density at radius 1 is 1.11 bits per heavy atom. The fourth-order valence-corrected chi connectivity index (χ4v) is 4.65. The predicted octanol–water partition coefficient (Wildman–Crippen LogP) is 5.15. The van der Waals surface area contributed by atoms with Gasteiger partial charge in [-0.2, -0.15) is 0 Å². The van der Waals surface area contributed by atoms with Gasteiger partial charge in [0.2, 0.25) is 5.91 Å². The summed E-state index contributed by atoms with van der Waals surface area (Å²) in [6.45, 7) is 9.38. The standard InChI is InChI=1S/C19H21Cl2N3O2S/c1-9-6-10(2)13(11(3)7-9)23-15(25)14-12(4)22-17(27-14)24-16(26)18(5)8-19(18,20)21/h6-7H,8H2,1-5H3,(H,23,25)(H,22,24,26). The lowest BCUT2D eigenvalue weighted by Crippen LogP contribution is -2.25. The number of aromatic nitrogens is 1. The third kappa shape index (κ3) is 3.71. The van der Waals surface area contributed by atoms with E-state index in [1.165, 1.54) is 0 Å². The van der Waals surface area contributed by atoms with Crippen molar-refractivity contribution in [1.82, 2.24) is 4.98 Å². The lowest BCUT2D eigenvalue weighted by atomic mass is 10.1. The Balaban J connectivity index is 1.77. The van der Waals surface area contributed by atoms with Gasteiger partial charge < -0.3 is 10.6 Å². The van der Waals surface area contributed by atoms with Gasteiger partial charge in [0.15, 0.2) is 5.13 Å². The third-order valence-corrected chi connectivity index (χ3v) is 7.07. The first kappa shape index (κ1) is 20.1. The van der Waals surface area contributed by atoms with Crippen molar-refractivity contribution in [2.24, 2.45) is 5.41 Å². The number of hydrogen-bond donors (Lipinski definition) is 2. The van der Waals surface area contributed by atoms with Crippen molar-refractivity contribution in [1.29, 1.82) is 0 Å². The molecule has 1 atom stereocenters. The zero-order chi connectivity index (χ0) is 20.1. The van der Waals surface area contributed by atoms with Gasteiger partial charge in [-0.25, -0.2) is 4.98 Å². The number of hydrogen-bond acceptors (Lipinski definition) is 4. The molecule has 2 amide bonds. The Kier molecular flexibility index (Phi) is 5.04. The van der Waals surface area contributed by atoms with Gasteiger partial charge in [-0.3, -0.25) is 9.59 Å². The largest absolute Gasteiger partial charge is 0.321 e. The first-order chi connectivity index (χ1) is 12.4. The summed E-state index contributed by atoms with van der Waals surface area (Å²) in [5.41, 5.74) is 3.65. The van der Waals surface area contributed by atoms with Crippen LogP contribution in [-0.2, 0) is 4.79 Å². The smallest absolute Gasteiger partial charge is 0.267 e. The topological polar surface area (TPSA) is 71.1 Å². The van der Waals surface area contributed by atoms with Crippen molar-refractivity contribution in [3.63, 3.8) is 0 Å². The van der Waals surface area contributed by atoms with Crippen LogP contribution in [0, 0.1) is 33.1 Å². The summed E-state index contributed by atoms with van der Waals surface area (Å²) in [6.07, 6.45) is 0.388. The normalized spacial score (nSPS) is 20.3. The summed E-state index contributed by atoms with van der Waals surface area (Å²) in [5, 5.41) is 6.05. The maximum Gasteiger partial charge on any atom is 0.267 e. The van der Waals surface area contributed by atoms with Gasteiger partial charge in [-0.1, -0.05) is 29.0 Å². The average molecular weight is 426 g/mol. The van der Waals surface area contributed by atoms with Crippen LogP contribution in [-0.4, -0.2) is 21.1 Å². The minimum atomic E-state index is -1.05. The number of rotatable bonds is 4. The SMILES string of the molecule is Cc1cc(C)c(NC(=O)c2sc(NC(=O)C3(C)CC3(Cl)Cl)nc2C)c(C)c1. The van der Waals surface area contributed by atoms with Crippen LogP contribution in [0.1, 0.15) is 45.4 Å². The van der Waals surface area contributed by atoms with Crippen molar-refractivity contribution >= 4 is 57.2 Å². The Morgan fingerprint density at radius 2 is 1.67 bits per heavy atom. The lowest BCUT2D eigenvalue weighted by Gasteiger charge is -2.12. The maximum atomic E-state index is 12.7. The second-order valence-corrected chi connectivity index (χ2v) is 9.81. The van der Waals surface area contributed by atoms with Gasteiger partial charge in [0, 0.05) is 5.69 Å². The highest BCUT2D eigenvalue weighted by atomic mass is 35.5. The molecule has 1 aliphatic rings. The van der Waals surface area contributed by atoms with Gasteiger partial charge in [-0.05, 0) is 52.2 Å². The van der Waals surface area contributed by atoms with E-state index in [1.807, 2.05) is 32.9 Å². The molecular formula is C19H21Cl2N3O2S. The lowest BCUT2D eigenvalue weighted by molar-refractivity contribution is -0.120. The maximum absolute atomic E-state index is 12.7. The highest BCUT2D eigenvalue weighted by molar-refractivity contribution is 7.17. The number of alkyl halides is 2. The number of carbonyl (C=O) groups is 2. The van der Waals surface area contributed by atoms with E-state index < -0.39 is 9.75 Å². The second kappa shape index (κ2) is 6.76. The Bertz CT molecular complexity index is 931. The molecule has 2 aromatic rings. The highest BCUT2D eigenvalue weighted by Crippen LogP contribution is 2.64. The number of thiazole rings is 1. The summed E-state index contributed by atoms with van der Waals surface area (Å²) >= 11 is 13.2. The monoisotopic (exact) mass is 425 g/mol. The first-order valence-electron chi connectivity index (χ1n) is 8.50. The molecule has 0 spiro atoms. The number of amides is 2. The average Bonchev–Trinajstić information content (AvgIpc) is 2.87. The fraction of sp³-hybridized carbons (Fsp3) is 0.421. The van der Waals surface area contributed by atoms with Crippen molar-refractivity contribution in [3.8, 4) is 0 Å². The van der Waals surface area contributed by atoms with E-state index >= 15 is 0 Å². The molecule has 1 heterocycles. The molecule has 0 radical (unpaired) electrons. The molecule has 144 valence electrons. The van der Waals surface area contributed by atoms with E-state index in [0.717, 1.165) is 33.7 Å². The van der Waals surface area contributed by atoms with E-state index in [1.54, 1.807) is 13.8 Å². The Morgan fingerprint density at radius 3 is 2.19 bits per heavy atom. The van der Waals surface area contributed by atoms with Crippen LogP contribution in [0.4, 0.5) is 10.8 Å². The molecule has 5 nitrogen and oxygen atoms in total. The molecule has 0 aliphatic heterocycles. The molecular weight excluding hydrogens is 405 g/mol. The van der Waals surface area contributed by atoms with Crippen LogP contribution in [0.2, 0.25) is 0 Å². The summed E-state index contributed by atoms with van der Waals surface area (Å²) in [6, 6.07) is 4.05. The first-order valence-corrected chi connectivity index (χ1v) is 10.1. The molecule has 1 aromatic heterocycles. The van der Waals surface area contributed by atoms with Crippen molar-refractivity contribution in [2.45, 2.75) is 45.4 Å². The molecule has 1 unspecified atom stereocenters. The van der Waals surface area contributed by atoms with Gasteiger partial charge in [0.25, 0.3) is 5.91 Å². The quantitative estimate of drug-likeness (QED) is 0.664. The van der Waals surface area contributed by atoms with Crippen LogP contribution in [0.25, 0.3) is 0 Å². The molecule has 2 N–H and O–H groups in total. The number of halogens is 2. The molecule has 0 saturated heterocycles. The minimum absolute atomic E-state index is 0.248. The number of anilines is 2. The van der Waals surface area contributed by atoms with Crippen LogP contribution in [0.5, 0.6) is 0 Å². The number of nitrogens with zero attached hydrogens (tertiary/aromatic N) is 1. The molecule has 1 fully saturated rings. The Hall–Kier alpha value is -1.63. The van der Waals surface area contributed by atoms with Crippen molar-refractivity contribution < 1.29 is 9.59 Å². The molecule has 1 aromatic carbocycles. The van der Waals surface area contributed by atoms with E-state index in [-0.39, 0.29) is 11.8 Å². The number of aryl methyl sites for hydroxylation is 4. The summed E-state index contributed by atoms with van der Waals surface area (Å²) in [5.74, 6) is -0.541. The third-order valence-electron chi connectivity index (χ3n) is 4.90. The molecule has 8 heteroatoms. The summed E-state index contributed by atoms with van der Waals surface area (Å²) in [4.78, 5) is 29.9. The number of carbonyl (C=O) groups excluding carboxylic acids is 2. The second-order valence-electron chi connectivity index (χ2n) is 7.33. The molecule has 27 heavy (non-hydrogen) atoms. The zero-order valence-electron chi connectivity index (χ0n) is 15.8.